The number of hydrogen-bond acceptors (Lipinski definition) is 5. The molecular weight excluding hydrogens is 218 g/mol. The minimum atomic E-state index is -0.851. The molecule has 0 aliphatic heterocycles. The molecule has 0 aromatic carbocycles. The summed E-state index contributed by atoms with van der Waals surface area (Å²) in [4.78, 5) is 19.8. The molecule has 0 atom stereocenters. The van der Waals surface area contributed by atoms with Gasteiger partial charge in [0.15, 0.2) is 0 Å². The van der Waals surface area contributed by atoms with E-state index in [4.69, 9.17) is 5.73 Å². The number of hydrogen-bond donors (Lipinski definition) is 3. The fourth-order valence-corrected chi connectivity index (χ4v) is 1.35. The highest BCUT2D eigenvalue weighted by Gasteiger charge is 2.26. The molecule has 6 nitrogen and oxygen atoms in total. The normalized spacial score (nSPS) is 11.1. The summed E-state index contributed by atoms with van der Waals surface area (Å²) in [6.45, 7) is 7.10. The van der Waals surface area contributed by atoms with Gasteiger partial charge in [0.25, 0.3) is 0 Å². The Morgan fingerprint density at radius 1 is 1.24 bits per heavy atom. The van der Waals surface area contributed by atoms with Crippen LogP contribution in [0, 0.1) is 13.8 Å². The van der Waals surface area contributed by atoms with E-state index in [1.165, 1.54) is 0 Å². The van der Waals surface area contributed by atoms with Crippen molar-refractivity contribution in [1.29, 1.82) is 0 Å². The minimum Gasteiger partial charge on any atom is -0.373 e. The molecule has 0 aliphatic rings. The van der Waals surface area contributed by atoms with Crippen molar-refractivity contribution in [2.75, 3.05) is 17.7 Å². The van der Waals surface area contributed by atoms with E-state index in [2.05, 4.69) is 20.6 Å². The first-order chi connectivity index (χ1) is 7.77. The van der Waals surface area contributed by atoms with Gasteiger partial charge in [-0.15, -0.1) is 0 Å². The van der Waals surface area contributed by atoms with Crippen molar-refractivity contribution in [2.45, 2.75) is 33.2 Å². The number of aryl methyl sites for hydroxylation is 1. The molecule has 0 spiro atoms. The number of amides is 1. The molecule has 0 radical (unpaired) electrons. The number of primary amides is 1. The van der Waals surface area contributed by atoms with Gasteiger partial charge in [-0.2, -0.15) is 0 Å². The van der Waals surface area contributed by atoms with Crippen LogP contribution in [-0.2, 0) is 4.79 Å². The van der Waals surface area contributed by atoms with E-state index in [1.54, 1.807) is 27.8 Å². The summed E-state index contributed by atoms with van der Waals surface area (Å²) in [5, 5.41) is 6.02. The molecule has 0 bridgehead atoms. The Bertz CT molecular complexity index is 442. The Hall–Kier alpha value is -1.85. The van der Waals surface area contributed by atoms with Crippen LogP contribution in [0.1, 0.15) is 25.2 Å². The first kappa shape index (κ1) is 13.2. The average molecular weight is 237 g/mol. The van der Waals surface area contributed by atoms with Crippen LogP contribution in [0.2, 0.25) is 0 Å². The van der Waals surface area contributed by atoms with Gasteiger partial charge in [0, 0.05) is 12.6 Å². The molecule has 0 aliphatic carbocycles. The molecule has 94 valence electrons. The molecule has 0 unspecified atom stereocenters. The van der Waals surface area contributed by atoms with Crippen LogP contribution < -0.4 is 16.4 Å². The van der Waals surface area contributed by atoms with E-state index in [0.29, 0.717) is 11.6 Å². The summed E-state index contributed by atoms with van der Waals surface area (Å²) in [5.41, 5.74) is 5.32. The molecule has 1 heterocycles. The van der Waals surface area contributed by atoms with Crippen LogP contribution in [0.3, 0.4) is 0 Å². The van der Waals surface area contributed by atoms with Crippen molar-refractivity contribution in [3.63, 3.8) is 0 Å². The summed E-state index contributed by atoms with van der Waals surface area (Å²) in [5.74, 6) is 1.55. The highest BCUT2D eigenvalue weighted by Crippen LogP contribution is 2.22. The van der Waals surface area contributed by atoms with E-state index in [9.17, 15) is 4.79 Å². The zero-order valence-corrected chi connectivity index (χ0v) is 10.9. The number of nitrogens with one attached hydrogen (secondary N) is 2. The van der Waals surface area contributed by atoms with Crippen molar-refractivity contribution in [3.8, 4) is 0 Å². The molecule has 0 fully saturated rings. The van der Waals surface area contributed by atoms with Gasteiger partial charge in [-0.05, 0) is 27.7 Å². The second-order valence-corrected chi connectivity index (χ2v) is 4.46. The predicted molar refractivity (Wildman–Crippen MR) is 67.9 cm³/mol. The van der Waals surface area contributed by atoms with Crippen LogP contribution >= 0.6 is 0 Å². The van der Waals surface area contributed by atoms with Gasteiger partial charge in [-0.3, -0.25) is 4.79 Å². The lowest BCUT2D eigenvalue weighted by Crippen LogP contribution is -2.45. The Morgan fingerprint density at radius 3 is 2.24 bits per heavy atom. The third kappa shape index (κ3) is 2.83. The van der Waals surface area contributed by atoms with Crippen LogP contribution in [0.5, 0.6) is 0 Å². The molecule has 1 aromatic rings. The smallest absolute Gasteiger partial charge is 0.242 e. The maximum atomic E-state index is 11.3. The number of carbonyl (C=O) groups excluding carboxylic acids is 1. The standard InChI is InChI=1S/C11H19N5O/c1-6-8(13-5)14-7(2)15-9(6)16-11(3,4)10(12)17/h1-5H3,(H2,12,17)(H2,13,14,15,16). The Morgan fingerprint density at radius 2 is 1.76 bits per heavy atom. The Kier molecular flexibility index (Phi) is 3.55. The summed E-state index contributed by atoms with van der Waals surface area (Å²) >= 11 is 0. The lowest BCUT2D eigenvalue weighted by Gasteiger charge is -2.24. The molecule has 1 aromatic heterocycles. The van der Waals surface area contributed by atoms with E-state index in [1.807, 2.05) is 6.92 Å². The van der Waals surface area contributed by atoms with Crippen molar-refractivity contribution < 1.29 is 4.79 Å². The Labute approximate surface area is 101 Å². The molecule has 4 N–H and O–H groups in total. The number of anilines is 2. The van der Waals surface area contributed by atoms with Gasteiger partial charge in [0.2, 0.25) is 5.91 Å². The maximum absolute atomic E-state index is 11.3. The number of aromatic nitrogens is 2. The van der Waals surface area contributed by atoms with E-state index >= 15 is 0 Å². The van der Waals surface area contributed by atoms with Crippen molar-refractivity contribution in [2.24, 2.45) is 5.73 Å². The topological polar surface area (TPSA) is 92.9 Å². The summed E-state index contributed by atoms with van der Waals surface area (Å²) in [6, 6.07) is 0. The summed E-state index contributed by atoms with van der Waals surface area (Å²) < 4.78 is 0. The average Bonchev–Trinajstić information content (AvgIpc) is 2.22. The highest BCUT2D eigenvalue weighted by atomic mass is 16.1. The lowest BCUT2D eigenvalue weighted by atomic mass is 10.0. The minimum absolute atomic E-state index is 0.431. The van der Waals surface area contributed by atoms with Crippen LogP contribution in [-0.4, -0.2) is 28.5 Å². The molecular formula is C11H19N5O. The van der Waals surface area contributed by atoms with Crippen molar-refractivity contribution in [1.82, 2.24) is 9.97 Å². The fraction of sp³-hybridized carbons (Fsp3) is 0.545. The number of nitrogens with two attached hydrogens (primary N) is 1. The van der Waals surface area contributed by atoms with Gasteiger partial charge in [-0.25, -0.2) is 9.97 Å². The van der Waals surface area contributed by atoms with Crippen LogP contribution in [0.4, 0.5) is 11.6 Å². The zero-order valence-electron chi connectivity index (χ0n) is 10.9. The first-order valence-corrected chi connectivity index (χ1v) is 5.39. The molecule has 1 rings (SSSR count). The van der Waals surface area contributed by atoms with Crippen molar-refractivity contribution >= 4 is 17.5 Å². The fourth-order valence-electron chi connectivity index (χ4n) is 1.35. The quantitative estimate of drug-likeness (QED) is 0.720. The molecule has 17 heavy (non-hydrogen) atoms. The number of rotatable bonds is 4. The van der Waals surface area contributed by atoms with Gasteiger partial charge in [0.1, 0.15) is 23.0 Å². The molecule has 1 amide bonds. The third-order valence-electron chi connectivity index (χ3n) is 2.54. The number of carbonyl (C=O) groups is 1. The van der Waals surface area contributed by atoms with Gasteiger partial charge in [0.05, 0.1) is 0 Å². The molecule has 6 heteroatoms. The lowest BCUT2D eigenvalue weighted by molar-refractivity contribution is -0.121. The van der Waals surface area contributed by atoms with Crippen molar-refractivity contribution in [3.05, 3.63) is 11.4 Å². The second-order valence-electron chi connectivity index (χ2n) is 4.46. The van der Waals surface area contributed by atoms with E-state index in [-0.39, 0.29) is 0 Å². The SMILES string of the molecule is CNc1nc(C)nc(NC(C)(C)C(N)=O)c1C. The predicted octanol–water partition coefficient (Wildman–Crippen LogP) is 0.811. The zero-order chi connectivity index (χ0) is 13.2. The monoisotopic (exact) mass is 237 g/mol. The first-order valence-electron chi connectivity index (χ1n) is 5.39. The van der Waals surface area contributed by atoms with Gasteiger partial charge in [-0.1, -0.05) is 0 Å². The maximum Gasteiger partial charge on any atom is 0.242 e. The number of nitrogens with zero attached hydrogens (tertiary/aromatic N) is 2. The van der Waals surface area contributed by atoms with Crippen LogP contribution in [0.25, 0.3) is 0 Å². The Balaban J connectivity index is 3.15. The van der Waals surface area contributed by atoms with E-state index < -0.39 is 11.4 Å². The van der Waals surface area contributed by atoms with E-state index in [0.717, 1.165) is 11.4 Å². The highest BCUT2D eigenvalue weighted by molar-refractivity contribution is 5.87. The third-order valence-corrected chi connectivity index (χ3v) is 2.54. The van der Waals surface area contributed by atoms with Gasteiger partial charge < -0.3 is 16.4 Å². The van der Waals surface area contributed by atoms with Crippen LogP contribution in [0.15, 0.2) is 0 Å². The molecule has 0 saturated heterocycles. The summed E-state index contributed by atoms with van der Waals surface area (Å²) in [7, 11) is 1.79. The van der Waals surface area contributed by atoms with Gasteiger partial charge >= 0.3 is 0 Å². The second kappa shape index (κ2) is 4.57. The molecule has 0 saturated carbocycles. The largest absolute Gasteiger partial charge is 0.373 e. The summed E-state index contributed by atoms with van der Waals surface area (Å²) in [6.07, 6.45) is 0.